The van der Waals surface area contributed by atoms with Gasteiger partial charge >= 0.3 is 0 Å². The molecule has 0 amide bonds. The first-order valence-electron chi connectivity index (χ1n) is 20.7. The van der Waals surface area contributed by atoms with E-state index in [4.69, 9.17) is 0 Å². The van der Waals surface area contributed by atoms with Crippen molar-refractivity contribution in [3.05, 3.63) is 137 Å². The first-order valence-corrected chi connectivity index (χ1v) is 21.5. The summed E-state index contributed by atoms with van der Waals surface area (Å²) in [5.74, 6) is 0. The van der Waals surface area contributed by atoms with Crippen molar-refractivity contribution in [1.29, 1.82) is 0 Å². The van der Waals surface area contributed by atoms with E-state index >= 15 is 0 Å². The third kappa shape index (κ3) is 5.35. The van der Waals surface area contributed by atoms with E-state index in [2.05, 4.69) is 182 Å². The van der Waals surface area contributed by atoms with Crippen molar-refractivity contribution in [2.45, 2.75) is 105 Å². The maximum atomic E-state index is 2.64. The fourth-order valence-corrected chi connectivity index (χ4v) is 11.1. The van der Waals surface area contributed by atoms with Crippen LogP contribution >= 0.6 is 11.3 Å². The molecule has 0 saturated heterocycles. The maximum absolute atomic E-state index is 2.64. The van der Waals surface area contributed by atoms with Gasteiger partial charge in [-0.05, 0) is 141 Å². The molecule has 56 heavy (non-hydrogen) atoms. The SMILES string of the molecule is Cc1cc2c3c(c1)N(c1ccc(C(C)(C)C)cc1)c1c(ccc4sc5c6c(ccc5c14)CCC6)B3c1cc(C(C)(C)C)ccc1N2c1ccc(C(C)(C)C)cc1. The Morgan fingerprint density at radius 3 is 1.77 bits per heavy atom. The topological polar surface area (TPSA) is 6.48 Å². The van der Waals surface area contributed by atoms with Crippen molar-refractivity contribution in [2.24, 2.45) is 0 Å². The van der Waals surface area contributed by atoms with Crippen molar-refractivity contribution < 1.29 is 0 Å². The van der Waals surface area contributed by atoms with Gasteiger partial charge in [-0.3, -0.25) is 0 Å². The molecule has 4 heteroatoms. The summed E-state index contributed by atoms with van der Waals surface area (Å²) in [5, 5.41) is 2.81. The van der Waals surface area contributed by atoms with Gasteiger partial charge in [0.25, 0.3) is 6.71 Å². The highest BCUT2D eigenvalue weighted by Crippen LogP contribution is 2.50. The monoisotopic (exact) mass is 748 g/mol. The summed E-state index contributed by atoms with van der Waals surface area (Å²) in [6, 6.07) is 40.9. The Morgan fingerprint density at radius 1 is 0.554 bits per heavy atom. The van der Waals surface area contributed by atoms with Crippen LogP contribution < -0.4 is 26.2 Å². The minimum Gasteiger partial charge on any atom is -0.311 e. The van der Waals surface area contributed by atoms with Crippen LogP contribution in [0.3, 0.4) is 0 Å². The van der Waals surface area contributed by atoms with Crippen LogP contribution in [0.15, 0.2) is 103 Å². The molecule has 0 bridgehead atoms. The Morgan fingerprint density at radius 2 is 1.14 bits per heavy atom. The van der Waals surface area contributed by atoms with Crippen LogP contribution in [0.25, 0.3) is 20.2 Å². The summed E-state index contributed by atoms with van der Waals surface area (Å²) in [5.41, 5.74) is 20.4. The molecule has 6 aromatic carbocycles. The quantitative estimate of drug-likeness (QED) is 0.162. The van der Waals surface area contributed by atoms with E-state index in [0.717, 1.165) is 0 Å². The van der Waals surface area contributed by atoms with Gasteiger partial charge in [-0.15, -0.1) is 11.3 Å². The summed E-state index contributed by atoms with van der Waals surface area (Å²) < 4.78 is 2.87. The zero-order valence-corrected chi connectivity index (χ0v) is 35.6. The van der Waals surface area contributed by atoms with E-state index < -0.39 is 0 Å². The normalized spacial score (nSPS) is 15.0. The van der Waals surface area contributed by atoms with E-state index in [1.165, 1.54) is 112 Å². The Balaban J connectivity index is 1.32. The molecule has 10 rings (SSSR count). The van der Waals surface area contributed by atoms with E-state index in [9.17, 15) is 0 Å². The first-order chi connectivity index (χ1) is 26.6. The van der Waals surface area contributed by atoms with Crippen LogP contribution in [0, 0.1) is 6.92 Å². The van der Waals surface area contributed by atoms with E-state index in [1.54, 1.807) is 11.1 Å². The molecule has 7 aromatic rings. The van der Waals surface area contributed by atoms with E-state index in [0.29, 0.717) is 0 Å². The van der Waals surface area contributed by atoms with E-state index in [1.807, 2.05) is 11.3 Å². The highest BCUT2D eigenvalue weighted by atomic mass is 32.1. The van der Waals surface area contributed by atoms with Gasteiger partial charge in [-0.1, -0.05) is 117 Å². The average molecular weight is 749 g/mol. The number of hydrogen-bond acceptors (Lipinski definition) is 3. The molecule has 280 valence electrons. The predicted molar refractivity (Wildman–Crippen MR) is 246 cm³/mol. The number of rotatable bonds is 2. The lowest BCUT2D eigenvalue weighted by atomic mass is 9.33. The molecule has 3 aliphatic rings. The number of nitrogens with zero attached hydrogens (tertiary/aromatic N) is 2. The lowest BCUT2D eigenvalue weighted by Gasteiger charge is -2.45. The van der Waals surface area contributed by atoms with Gasteiger partial charge in [-0.2, -0.15) is 0 Å². The number of fused-ring (bicyclic) bond motifs is 10. The number of hydrogen-bond donors (Lipinski definition) is 0. The summed E-state index contributed by atoms with van der Waals surface area (Å²) >= 11 is 2.01. The molecule has 3 heterocycles. The second-order valence-electron chi connectivity index (χ2n) is 19.9. The molecule has 0 N–H and O–H groups in total. The highest BCUT2D eigenvalue weighted by Gasteiger charge is 2.45. The molecule has 2 aliphatic heterocycles. The predicted octanol–water partition coefficient (Wildman–Crippen LogP) is 12.8. The third-order valence-electron chi connectivity index (χ3n) is 12.9. The Bertz CT molecular complexity index is 2730. The lowest BCUT2D eigenvalue weighted by molar-refractivity contribution is 0.590. The molecule has 0 radical (unpaired) electrons. The molecule has 0 spiro atoms. The second kappa shape index (κ2) is 12.1. The molecule has 1 aliphatic carbocycles. The zero-order valence-electron chi connectivity index (χ0n) is 34.8. The van der Waals surface area contributed by atoms with Crippen LogP contribution in [0.1, 0.15) is 102 Å². The fourth-order valence-electron chi connectivity index (χ4n) is 9.84. The lowest BCUT2D eigenvalue weighted by Crippen LogP contribution is -2.61. The number of thiophene rings is 1. The molecule has 0 fully saturated rings. The fraction of sp³-hybridized carbons (Fsp3) is 0.308. The standard InChI is InChI=1S/C52H53BN2S/c1-31-28-43-47-44(29-31)55(37-22-17-34(18-23-37)51(5,6)7)48-40(25-27-45-46(48)39-24-14-32-12-11-13-38(32)49(39)56-45)53(47)41-30-35(52(8,9)10)19-26-42(41)54(43)36-20-15-33(16-21-36)50(2,3)4/h14-30H,11-13H2,1-10H3. The molecule has 2 nitrogen and oxygen atoms in total. The van der Waals surface area contributed by atoms with Crippen LogP contribution in [0.4, 0.5) is 34.1 Å². The molecule has 0 atom stereocenters. The van der Waals surface area contributed by atoms with Crippen molar-refractivity contribution in [3.63, 3.8) is 0 Å². The summed E-state index contributed by atoms with van der Waals surface area (Å²) in [6.07, 6.45) is 3.64. The Labute approximate surface area is 338 Å². The van der Waals surface area contributed by atoms with Crippen LogP contribution in [-0.2, 0) is 29.1 Å². The van der Waals surface area contributed by atoms with Gasteiger partial charge in [0, 0.05) is 48.6 Å². The average Bonchev–Trinajstić information content (AvgIpc) is 3.78. The minimum atomic E-state index is 0.0107. The molecular formula is C52H53BN2S. The minimum absolute atomic E-state index is 0.0107. The molecule has 0 saturated carbocycles. The maximum Gasteiger partial charge on any atom is 0.252 e. The van der Waals surface area contributed by atoms with Gasteiger partial charge in [-0.25, -0.2) is 0 Å². The van der Waals surface area contributed by atoms with Crippen LogP contribution in [0.5, 0.6) is 0 Å². The van der Waals surface area contributed by atoms with Gasteiger partial charge in [0.15, 0.2) is 0 Å². The number of anilines is 6. The Hall–Kier alpha value is -4.80. The first kappa shape index (κ1) is 35.6. The van der Waals surface area contributed by atoms with Crippen LogP contribution in [-0.4, -0.2) is 6.71 Å². The van der Waals surface area contributed by atoms with Crippen molar-refractivity contribution in [1.82, 2.24) is 0 Å². The third-order valence-corrected chi connectivity index (χ3v) is 14.1. The van der Waals surface area contributed by atoms with Crippen molar-refractivity contribution >= 4 is 88.7 Å². The van der Waals surface area contributed by atoms with E-state index in [-0.39, 0.29) is 23.0 Å². The smallest absolute Gasteiger partial charge is 0.252 e. The Kier molecular flexibility index (Phi) is 7.70. The largest absolute Gasteiger partial charge is 0.311 e. The van der Waals surface area contributed by atoms with Crippen molar-refractivity contribution in [3.8, 4) is 0 Å². The molecule has 0 unspecified atom stereocenters. The summed E-state index contributed by atoms with van der Waals surface area (Å²) in [4.78, 5) is 5.20. The van der Waals surface area contributed by atoms with Crippen LogP contribution in [0.2, 0.25) is 0 Å². The number of aryl methyl sites for hydroxylation is 3. The van der Waals surface area contributed by atoms with Gasteiger partial charge in [0.2, 0.25) is 0 Å². The molecule has 1 aromatic heterocycles. The zero-order chi connectivity index (χ0) is 39.1. The summed E-state index contributed by atoms with van der Waals surface area (Å²) in [6.45, 7) is 23.2. The molecular weight excluding hydrogens is 695 g/mol. The van der Waals surface area contributed by atoms with Gasteiger partial charge < -0.3 is 9.80 Å². The van der Waals surface area contributed by atoms with Gasteiger partial charge in [0.1, 0.15) is 0 Å². The summed E-state index contributed by atoms with van der Waals surface area (Å²) in [7, 11) is 0. The van der Waals surface area contributed by atoms with Gasteiger partial charge in [0.05, 0.1) is 5.69 Å². The number of benzene rings is 6. The van der Waals surface area contributed by atoms with Crippen molar-refractivity contribution in [2.75, 3.05) is 9.80 Å². The second-order valence-corrected chi connectivity index (χ2v) is 20.9. The highest BCUT2D eigenvalue weighted by molar-refractivity contribution is 7.26.